The maximum atomic E-state index is 11.3. The Balaban J connectivity index is 4.30. The number of esters is 2. The van der Waals surface area contributed by atoms with E-state index in [0.29, 0.717) is 6.61 Å². The highest BCUT2D eigenvalue weighted by Gasteiger charge is 2.12. The fraction of sp³-hybridized carbons (Fsp3) is 0.600. The van der Waals surface area contributed by atoms with Crippen molar-refractivity contribution in [1.82, 2.24) is 0 Å². The lowest BCUT2D eigenvalue weighted by molar-refractivity contribution is -0.143. The van der Waals surface area contributed by atoms with Crippen molar-refractivity contribution in [1.29, 1.82) is 0 Å². The highest BCUT2D eigenvalue weighted by atomic mass is 16.5. The third-order valence-corrected chi connectivity index (χ3v) is 1.36. The first-order chi connectivity index (χ1) is 7.11. The number of hydrogen-bond donors (Lipinski definition) is 0. The van der Waals surface area contributed by atoms with E-state index in [2.05, 4.69) is 4.74 Å². The zero-order chi connectivity index (χ0) is 11.7. The van der Waals surface area contributed by atoms with E-state index < -0.39 is 11.9 Å². The predicted octanol–water partition coefficient (Wildman–Crippen LogP) is 1.03. The zero-order valence-electron chi connectivity index (χ0n) is 9.24. The van der Waals surface area contributed by atoms with Crippen molar-refractivity contribution in [3.8, 4) is 0 Å². The van der Waals surface area contributed by atoms with Crippen molar-refractivity contribution in [2.24, 2.45) is 0 Å². The van der Waals surface area contributed by atoms with Gasteiger partial charge < -0.3 is 14.2 Å². The fourth-order valence-corrected chi connectivity index (χ4v) is 0.728. The van der Waals surface area contributed by atoms with Crippen molar-refractivity contribution in [2.45, 2.75) is 20.8 Å². The maximum Gasteiger partial charge on any atom is 0.340 e. The highest BCUT2D eigenvalue weighted by Crippen LogP contribution is 2.00. The van der Waals surface area contributed by atoms with Crippen LogP contribution < -0.4 is 0 Å². The molecule has 5 nitrogen and oxygen atoms in total. The molecule has 0 aliphatic carbocycles. The molecule has 0 aromatic heterocycles. The Labute approximate surface area is 89.0 Å². The van der Waals surface area contributed by atoms with Crippen molar-refractivity contribution in [3.63, 3.8) is 0 Å². The standard InChI is InChI=1S/C10H16O5/c1-4-13-6-9(7-15-8(3)11)10(12)14-5-2/h6H,4-5,7H2,1-3H3/b9-6-. The quantitative estimate of drug-likeness (QED) is 0.377. The summed E-state index contributed by atoms with van der Waals surface area (Å²) in [7, 11) is 0. The SMILES string of the molecule is CCO/C=C(/COC(C)=O)C(=O)OCC. The van der Waals surface area contributed by atoms with Gasteiger partial charge in [0.15, 0.2) is 0 Å². The Hall–Kier alpha value is -1.52. The van der Waals surface area contributed by atoms with Gasteiger partial charge in [0.2, 0.25) is 0 Å². The molecule has 0 bridgehead atoms. The number of carbonyl (C=O) groups is 2. The first-order valence-corrected chi connectivity index (χ1v) is 4.72. The molecular weight excluding hydrogens is 200 g/mol. The molecular formula is C10H16O5. The molecule has 0 aromatic rings. The van der Waals surface area contributed by atoms with Gasteiger partial charge in [0, 0.05) is 6.92 Å². The summed E-state index contributed by atoms with van der Waals surface area (Å²) in [6.07, 6.45) is 1.25. The first kappa shape index (κ1) is 13.5. The van der Waals surface area contributed by atoms with Crippen LogP contribution in [0.4, 0.5) is 0 Å². The molecule has 15 heavy (non-hydrogen) atoms. The minimum atomic E-state index is -0.535. The molecule has 0 aromatic carbocycles. The lowest BCUT2D eigenvalue weighted by Gasteiger charge is -2.06. The summed E-state index contributed by atoms with van der Waals surface area (Å²) < 4.78 is 14.4. The van der Waals surface area contributed by atoms with Gasteiger partial charge in [0.05, 0.1) is 19.5 Å². The van der Waals surface area contributed by atoms with Crippen LogP contribution >= 0.6 is 0 Å². The van der Waals surface area contributed by atoms with E-state index in [9.17, 15) is 9.59 Å². The van der Waals surface area contributed by atoms with Crippen molar-refractivity contribution < 1.29 is 23.8 Å². The summed E-state index contributed by atoms with van der Waals surface area (Å²) in [4.78, 5) is 21.9. The molecule has 0 amide bonds. The van der Waals surface area contributed by atoms with Gasteiger partial charge in [-0.3, -0.25) is 4.79 Å². The summed E-state index contributed by atoms with van der Waals surface area (Å²) >= 11 is 0. The maximum absolute atomic E-state index is 11.3. The molecule has 0 saturated heterocycles. The normalized spacial score (nSPS) is 10.7. The van der Waals surface area contributed by atoms with Gasteiger partial charge in [-0.25, -0.2) is 4.79 Å². The molecule has 0 N–H and O–H groups in total. The van der Waals surface area contributed by atoms with Gasteiger partial charge in [-0.05, 0) is 13.8 Å². The smallest absolute Gasteiger partial charge is 0.340 e. The lowest BCUT2D eigenvalue weighted by atomic mass is 10.3. The number of ether oxygens (including phenoxy) is 3. The Kier molecular flexibility index (Phi) is 7.05. The van der Waals surface area contributed by atoms with E-state index in [1.54, 1.807) is 13.8 Å². The molecule has 86 valence electrons. The lowest BCUT2D eigenvalue weighted by Crippen LogP contribution is -2.14. The number of carbonyl (C=O) groups excluding carboxylic acids is 2. The van der Waals surface area contributed by atoms with Gasteiger partial charge in [0.1, 0.15) is 12.2 Å². The molecule has 0 aliphatic rings. The zero-order valence-corrected chi connectivity index (χ0v) is 9.24. The monoisotopic (exact) mass is 216 g/mol. The van der Waals surface area contributed by atoms with Crippen molar-refractivity contribution in [3.05, 3.63) is 11.8 Å². The number of rotatable bonds is 6. The molecule has 5 heteroatoms. The molecule has 0 aliphatic heterocycles. The average Bonchev–Trinajstić information content (AvgIpc) is 2.17. The highest BCUT2D eigenvalue weighted by molar-refractivity contribution is 5.88. The average molecular weight is 216 g/mol. The summed E-state index contributed by atoms with van der Waals surface area (Å²) in [5.74, 6) is -0.992. The molecule has 0 rings (SSSR count). The van der Waals surface area contributed by atoms with Crippen LogP contribution in [0.15, 0.2) is 11.8 Å². The van der Waals surface area contributed by atoms with E-state index in [4.69, 9.17) is 9.47 Å². The Morgan fingerprint density at radius 1 is 1.13 bits per heavy atom. The van der Waals surface area contributed by atoms with Gasteiger partial charge in [0.25, 0.3) is 0 Å². The van der Waals surface area contributed by atoms with Crippen molar-refractivity contribution in [2.75, 3.05) is 19.8 Å². The topological polar surface area (TPSA) is 61.8 Å². The van der Waals surface area contributed by atoms with Crippen LogP contribution in [0.3, 0.4) is 0 Å². The molecule has 0 spiro atoms. The largest absolute Gasteiger partial charge is 0.501 e. The summed E-state index contributed by atoms with van der Waals surface area (Å²) in [5.41, 5.74) is 0.189. The molecule has 0 heterocycles. The molecule has 0 fully saturated rings. The Morgan fingerprint density at radius 3 is 2.27 bits per heavy atom. The Morgan fingerprint density at radius 2 is 1.80 bits per heavy atom. The summed E-state index contributed by atoms with van der Waals surface area (Å²) in [6, 6.07) is 0. The second kappa shape index (κ2) is 7.84. The van der Waals surface area contributed by atoms with Crippen LogP contribution in [0.1, 0.15) is 20.8 Å². The second-order valence-corrected chi connectivity index (χ2v) is 2.60. The van der Waals surface area contributed by atoms with Crippen LogP contribution in [-0.2, 0) is 23.8 Å². The van der Waals surface area contributed by atoms with Crippen LogP contribution in [0, 0.1) is 0 Å². The van der Waals surface area contributed by atoms with E-state index in [1.165, 1.54) is 13.2 Å². The van der Waals surface area contributed by atoms with Gasteiger partial charge in [-0.1, -0.05) is 0 Å². The minimum Gasteiger partial charge on any atom is -0.501 e. The third-order valence-electron chi connectivity index (χ3n) is 1.36. The minimum absolute atomic E-state index is 0.131. The third kappa shape index (κ3) is 6.54. The molecule has 0 unspecified atom stereocenters. The molecule has 0 radical (unpaired) electrons. The second-order valence-electron chi connectivity index (χ2n) is 2.60. The van der Waals surface area contributed by atoms with Crippen molar-refractivity contribution >= 4 is 11.9 Å². The summed E-state index contributed by atoms with van der Waals surface area (Å²) in [5, 5.41) is 0. The van der Waals surface area contributed by atoms with E-state index >= 15 is 0 Å². The Bertz CT molecular complexity index is 244. The summed E-state index contributed by atoms with van der Waals surface area (Å²) in [6.45, 7) is 5.32. The molecule has 0 atom stereocenters. The van der Waals surface area contributed by atoms with E-state index in [0.717, 1.165) is 0 Å². The van der Waals surface area contributed by atoms with E-state index in [-0.39, 0.29) is 18.8 Å². The van der Waals surface area contributed by atoms with Crippen LogP contribution in [-0.4, -0.2) is 31.8 Å². The van der Waals surface area contributed by atoms with Crippen LogP contribution in [0.5, 0.6) is 0 Å². The first-order valence-electron chi connectivity index (χ1n) is 4.72. The number of hydrogen-bond acceptors (Lipinski definition) is 5. The molecule has 0 saturated carbocycles. The van der Waals surface area contributed by atoms with E-state index in [1.807, 2.05) is 0 Å². The predicted molar refractivity (Wildman–Crippen MR) is 53.0 cm³/mol. The fourth-order valence-electron chi connectivity index (χ4n) is 0.728. The van der Waals surface area contributed by atoms with Gasteiger partial charge in [-0.2, -0.15) is 0 Å². The van der Waals surface area contributed by atoms with Gasteiger partial charge >= 0.3 is 11.9 Å². The van der Waals surface area contributed by atoms with Gasteiger partial charge in [-0.15, -0.1) is 0 Å². The van der Waals surface area contributed by atoms with Crippen LogP contribution in [0.25, 0.3) is 0 Å². The van der Waals surface area contributed by atoms with Crippen LogP contribution in [0.2, 0.25) is 0 Å².